The summed E-state index contributed by atoms with van der Waals surface area (Å²) in [4.78, 5) is 44.4. The predicted octanol–water partition coefficient (Wildman–Crippen LogP) is 4.80. The molecule has 0 aliphatic rings. The minimum atomic E-state index is -4.19. The van der Waals surface area contributed by atoms with Gasteiger partial charge in [0.25, 0.3) is 15.9 Å². The molecule has 42 heavy (non-hydrogen) atoms. The van der Waals surface area contributed by atoms with Crippen LogP contribution in [0, 0.1) is 5.92 Å². The van der Waals surface area contributed by atoms with E-state index in [1.54, 1.807) is 48.7 Å². The predicted molar refractivity (Wildman–Crippen MR) is 162 cm³/mol. The van der Waals surface area contributed by atoms with Crippen molar-refractivity contribution in [2.75, 3.05) is 18.4 Å². The highest BCUT2D eigenvalue weighted by Crippen LogP contribution is 2.21. The molecule has 0 aliphatic carbocycles. The Hall–Kier alpha value is -4.57. The molecule has 218 valence electrons. The summed E-state index contributed by atoms with van der Waals surface area (Å²) in [5.41, 5.74) is 1.87. The summed E-state index contributed by atoms with van der Waals surface area (Å²) in [6, 6.07) is 24.3. The largest absolute Gasteiger partial charge is 0.343 e. The third-order valence-electron chi connectivity index (χ3n) is 7.02. The van der Waals surface area contributed by atoms with Crippen LogP contribution in [0.15, 0.2) is 96.0 Å². The number of fused-ring (bicyclic) bond motifs is 1. The van der Waals surface area contributed by atoms with Gasteiger partial charge in [-0.25, -0.2) is 13.1 Å². The van der Waals surface area contributed by atoms with Crippen LogP contribution in [0.25, 0.3) is 10.8 Å². The van der Waals surface area contributed by atoms with Crippen molar-refractivity contribution in [3.05, 3.63) is 102 Å². The van der Waals surface area contributed by atoms with E-state index in [4.69, 9.17) is 0 Å². The maximum Gasteiger partial charge on any atom is 0.274 e. The molecular weight excluding hydrogens is 552 g/mol. The monoisotopic (exact) mass is 586 g/mol. The van der Waals surface area contributed by atoms with Crippen LogP contribution < -0.4 is 10.0 Å². The van der Waals surface area contributed by atoms with Crippen molar-refractivity contribution in [3.8, 4) is 0 Å². The van der Waals surface area contributed by atoms with E-state index in [9.17, 15) is 22.8 Å². The summed E-state index contributed by atoms with van der Waals surface area (Å²) in [6.07, 6.45) is 2.75. The number of aryl methyl sites for hydroxylation is 1. The van der Waals surface area contributed by atoms with Gasteiger partial charge < -0.3 is 10.2 Å². The normalized spacial score (nSPS) is 12.0. The second-order valence-electron chi connectivity index (χ2n) is 9.80. The number of amides is 3. The van der Waals surface area contributed by atoms with Crippen molar-refractivity contribution in [3.63, 3.8) is 0 Å². The van der Waals surface area contributed by atoms with E-state index in [0.717, 1.165) is 16.3 Å². The number of rotatable bonds is 12. The Morgan fingerprint density at radius 1 is 0.857 bits per heavy atom. The number of benzene rings is 3. The summed E-state index contributed by atoms with van der Waals surface area (Å²) in [5, 5.41) is 4.40. The van der Waals surface area contributed by atoms with Crippen LogP contribution in [0.4, 0.5) is 5.69 Å². The van der Waals surface area contributed by atoms with Gasteiger partial charge in [0.2, 0.25) is 11.8 Å². The number of aromatic nitrogens is 1. The lowest BCUT2D eigenvalue weighted by Crippen LogP contribution is -2.45. The molecule has 4 rings (SSSR count). The summed E-state index contributed by atoms with van der Waals surface area (Å²) >= 11 is 0. The first-order chi connectivity index (χ1) is 20.2. The molecule has 0 saturated carbocycles. The fourth-order valence-electron chi connectivity index (χ4n) is 4.68. The van der Waals surface area contributed by atoms with E-state index in [-0.39, 0.29) is 17.2 Å². The van der Waals surface area contributed by atoms with Gasteiger partial charge >= 0.3 is 0 Å². The second kappa shape index (κ2) is 13.9. The number of carbonyl (C=O) groups is 3. The maximum absolute atomic E-state index is 13.3. The first kappa shape index (κ1) is 30.4. The lowest BCUT2D eigenvalue weighted by molar-refractivity contribution is -0.141. The number of hydrogen-bond acceptors (Lipinski definition) is 6. The lowest BCUT2D eigenvalue weighted by Gasteiger charge is -2.24. The van der Waals surface area contributed by atoms with Crippen molar-refractivity contribution in [1.29, 1.82) is 0 Å². The zero-order valence-corrected chi connectivity index (χ0v) is 24.4. The Morgan fingerprint density at radius 3 is 2.21 bits per heavy atom. The molecule has 9 nitrogen and oxygen atoms in total. The van der Waals surface area contributed by atoms with Crippen molar-refractivity contribution in [2.45, 2.75) is 38.0 Å². The highest BCUT2D eigenvalue weighted by molar-refractivity contribution is 7.90. The minimum Gasteiger partial charge on any atom is -0.343 e. The van der Waals surface area contributed by atoms with Crippen LogP contribution in [0.1, 0.15) is 42.7 Å². The average molecular weight is 587 g/mol. The van der Waals surface area contributed by atoms with Crippen LogP contribution >= 0.6 is 0 Å². The molecule has 1 atom stereocenters. The van der Waals surface area contributed by atoms with Crippen LogP contribution in [-0.2, 0) is 26.0 Å². The Morgan fingerprint density at radius 2 is 1.55 bits per heavy atom. The molecule has 4 aromatic rings. The Bertz CT molecular complexity index is 1650. The zero-order chi connectivity index (χ0) is 30.1. The smallest absolute Gasteiger partial charge is 0.274 e. The fraction of sp³-hybridized carbons (Fsp3) is 0.250. The Kier molecular flexibility index (Phi) is 10.0. The van der Waals surface area contributed by atoms with Crippen LogP contribution in [0.2, 0.25) is 0 Å². The number of anilines is 1. The molecule has 2 N–H and O–H groups in total. The summed E-state index contributed by atoms with van der Waals surface area (Å²) in [7, 11) is -4.19. The van der Waals surface area contributed by atoms with Gasteiger partial charge in [0.05, 0.1) is 4.90 Å². The van der Waals surface area contributed by atoms with Crippen molar-refractivity contribution >= 4 is 44.2 Å². The van der Waals surface area contributed by atoms with E-state index in [0.29, 0.717) is 37.3 Å². The Labute approximate surface area is 246 Å². The SMILES string of the molecule is CCN(CC)C(=O)C(CCCc1ccc(NC(=O)c2ccccn2)cc1)C(=O)NS(=O)(=O)c1ccc2ccccc2c1. The fourth-order valence-corrected chi connectivity index (χ4v) is 5.73. The van der Waals surface area contributed by atoms with E-state index in [1.165, 1.54) is 17.0 Å². The van der Waals surface area contributed by atoms with E-state index in [2.05, 4.69) is 15.0 Å². The van der Waals surface area contributed by atoms with Gasteiger partial charge in [0.1, 0.15) is 11.6 Å². The van der Waals surface area contributed by atoms with Crippen LogP contribution in [0.5, 0.6) is 0 Å². The third kappa shape index (κ3) is 7.58. The van der Waals surface area contributed by atoms with Gasteiger partial charge in [-0.1, -0.05) is 48.5 Å². The summed E-state index contributed by atoms with van der Waals surface area (Å²) in [5.74, 6) is -2.71. The third-order valence-corrected chi connectivity index (χ3v) is 8.37. The molecule has 0 aliphatic heterocycles. The number of nitrogens with one attached hydrogen (secondary N) is 2. The first-order valence-electron chi connectivity index (χ1n) is 13.9. The molecule has 1 heterocycles. The van der Waals surface area contributed by atoms with Gasteiger partial charge in [-0.05, 0) is 85.8 Å². The van der Waals surface area contributed by atoms with E-state index in [1.807, 2.05) is 44.2 Å². The molecular formula is C32H34N4O5S. The van der Waals surface area contributed by atoms with Crippen molar-refractivity contribution in [2.24, 2.45) is 5.92 Å². The zero-order valence-electron chi connectivity index (χ0n) is 23.6. The number of pyridine rings is 1. The molecule has 1 aromatic heterocycles. The molecule has 0 spiro atoms. The lowest BCUT2D eigenvalue weighted by atomic mass is 9.97. The van der Waals surface area contributed by atoms with Gasteiger partial charge in [-0.2, -0.15) is 0 Å². The topological polar surface area (TPSA) is 126 Å². The molecule has 1 unspecified atom stereocenters. The molecule has 3 aromatic carbocycles. The van der Waals surface area contributed by atoms with Crippen molar-refractivity contribution < 1.29 is 22.8 Å². The number of nitrogens with zero attached hydrogens (tertiary/aromatic N) is 2. The van der Waals surface area contributed by atoms with Gasteiger partial charge in [-0.15, -0.1) is 0 Å². The van der Waals surface area contributed by atoms with Crippen LogP contribution in [-0.4, -0.2) is 49.1 Å². The van der Waals surface area contributed by atoms with Gasteiger partial charge in [0, 0.05) is 25.0 Å². The average Bonchev–Trinajstić information content (AvgIpc) is 3.00. The summed E-state index contributed by atoms with van der Waals surface area (Å²) < 4.78 is 28.4. The van der Waals surface area contributed by atoms with Gasteiger partial charge in [-0.3, -0.25) is 19.4 Å². The van der Waals surface area contributed by atoms with Gasteiger partial charge in [0.15, 0.2) is 0 Å². The number of sulfonamides is 1. The molecule has 0 fully saturated rings. The molecule has 0 bridgehead atoms. The molecule has 0 saturated heterocycles. The first-order valence-corrected chi connectivity index (χ1v) is 15.4. The minimum absolute atomic E-state index is 0.0428. The molecule has 10 heteroatoms. The highest BCUT2D eigenvalue weighted by Gasteiger charge is 2.32. The van der Waals surface area contributed by atoms with E-state index >= 15 is 0 Å². The number of hydrogen-bond donors (Lipinski definition) is 2. The molecule has 0 radical (unpaired) electrons. The molecule has 3 amide bonds. The second-order valence-corrected chi connectivity index (χ2v) is 11.5. The quantitative estimate of drug-likeness (QED) is 0.230. The standard InChI is InChI=1S/C32H34N4O5S/c1-3-36(4-2)32(39)28(30(37)35-42(40,41)27-20-17-24-11-5-6-12-25(24)22-27)13-9-10-23-15-18-26(19-16-23)34-31(38)29-14-7-8-21-33-29/h5-8,11-12,14-22,28H,3-4,9-10,13H2,1-2H3,(H,34,38)(H,35,37). The summed E-state index contributed by atoms with van der Waals surface area (Å²) in [6.45, 7) is 4.44. The van der Waals surface area contributed by atoms with Crippen molar-refractivity contribution in [1.82, 2.24) is 14.6 Å². The maximum atomic E-state index is 13.3. The highest BCUT2D eigenvalue weighted by atomic mass is 32.2. The Balaban J connectivity index is 1.42. The van der Waals surface area contributed by atoms with E-state index < -0.39 is 27.8 Å². The number of carbonyl (C=O) groups excluding carboxylic acids is 3. The van der Waals surface area contributed by atoms with Crippen LogP contribution in [0.3, 0.4) is 0 Å².